The van der Waals surface area contributed by atoms with Crippen molar-refractivity contribution in [1.29, 1.82) is 5.26 Å². The van der Waals surface area contributed by atoms with Crippen molar-refractivity contribution in [2.45, 2.75) is 18.9 Å². The fraction of sp³-hybridized carbons (Fsp3) is 0.375. The zero-order chi connectivity index (χ0) is 16.2. The molecule has 0 spiro atoms. The first-order valence-corrected chi connectivity index (χ1v) is 7.57. The Kier molecular flexibility index (Phi) is 4.24. The normalized spacial score (nSPS) is 15.2. The van der Waals surface area contributed by atoms with Crippen molar-refractivity contribution in [3.05, 3.63) is 46.6 Å². The Balaban J connectivity index is 1.66. The number of hydrogen-bond donors (Lipinski definition) is 1. The molecular weight excluding hydrogens is 292 g/mol. The van der Waals surface area contributed by atoms with Crippen LogP contribution in [0.3, 0.4) is 0 Å². The number of piperidine rings is 1. The zero-order valence-electron chi connectivity index (χ0n) is 12.9. The van der Waals surface area contributed by atoms with Gasteiger partial charge in [-0.05, 0) is 25.0 Å². The maximum atomic E-state index is 12.1. The molecule has 0 unspecified atom stereocenters. The number of pyridine rings is 1. The molecule has 0 aliphatic carbocycles. The molecule has 7 heteroatoms. The minimum Gasteiger partial charge on any atom is -0.366 e. The molecule has 7 nitrogen and oxygen atoms in total. The molecule has 1 saturated heterocycles. The predicted molar refractivity (Wildman–Crippen MR) is 87.3 cm³/mol. The van der Waals surface area contributed by atoms with Crippen LogP contribution in [0.4, 0.5) is 11.6 Å². The Morgan fingerprint density at radius 3 is 2.83 bits per heavy atom. The average molecular weight is 310 g/mol. The molecule has 2 aromatic rings. The van der Waals surface area contributed by atoms with Gasteiger partial charge in [-0.15, -0.1) is 0 Å². The van der Waals surface area contributed by atoms with Gasteiger partial charge in [0, 0.05) is 44.8 Å². The third-order valence-corrected chi connectivity index (χ3v) is 4.06. The Hall–Kier alpha value is -2.88. The van der Waals surface area contributed by atoms with Crippen LogP contribution in [0.5, 0.6) is 0 Å². The quantitative estimate of drug-likeness (QED) is 0.914. The van der Waals surface area contributed by atoms with E-state index in [1.807, 2.05) is 4.90 Å². The van der Waals surface area contributed by atoms with E-state index < -0.39 is 0 Å². The van der Waals surface area contributed by atoms with E-state index in [2.05, 4.69) is 21.4 Å². The lowest BCUT2D eigenvalue weighted by Crippen LogP contribution is -2.42. The van der Waals surface area contributed by atoms with Crippen molar-refractivity contribution < 1.29 is 0 Å². The summed E-state index contributed by atoms with van der Waals surface area (Å²) in [4.78, 5) is 22.6. The van der Waals surface area contributed by atoms with Gasteiger partial charge in [-0.25, -0.2) is 9.97 Å². The molecular formula is C16H18N6O. The van der Waals surface area contributed by atoms with Gasteiger partial charge in [-0.1, -0.05) is 0 Å². The van der Waals surface area contributed by atoms with Crippen molar-refractivity contribution >= 4 is 11.6 Å². The fourth-order valence-electron chi connectivity index (χ4n) is 2.74. The second kappa shape index (κ2) is 6.48. The lowest BCUT2D eigenvalue weighted by molar-refractivity contribution is 0.519. The summed E-state index contributed by atoms with van der Waals surface area (Å²) in [5, 5.41) is 12.4. The van der Waals surface area contributed by atoms with Crippen LogP contribution in [0.25, 0.3) is 0 Å². The molecule has 2 aromatic heterocycles. The predicted octanol–water partition coefficient (Wildman–Crippen LogP) is 1.13. The van der Waals surface area contributed by atoms with Crippen molar-refractivity contribution in [2.24, 2.45) is 7.05 Å². The molecule has 3 rings (SSSR count). The maximum absolute atomic E-state index is 12.1. The summed E-state index contributed by atoms with van der Waals surface area (Å²) in [5.41, 5.74) is 0.476. The van der Waals surface area contributed by atoms with Gasteiger partial charge in [0.25, 0.3) is 5.56 Å². The highest BCUT2D eigenvalue weighted by molar-refractivity contribution is 5.52. The summed E-state index contributed by atoms with van der Waals surface area (Å²) in [5.74, 6) is 1.13. The van der Waals surface area contributed by atoms with Crippen LogP contribution in [0.1, 0.15) is 18.4 Å². The van der Waals surface area contributed by atoms with Crippen molar-refractivity contribution in [3.8, 4) is 6.07 Å². The fourth-order valence-corrected chi connectivity index (χ4v) is 2.74. The van der Waals surface area contributed by atoms with Gasteiger partial charge in [0.15, 0.2) is 5.82 Å². The lowest BCUT2D eigenvalue weighted by atomic mass is 10.0. The molecule has 1 aliphatic rings. The highest BCUT2D eigenvalue weighted by Gasteiger charge is 2.22. The number of hydrogen-bond acceptors (Lipinski definition) is 6. The van der Waals surface area contributed by atoms with E-state index in [0.717, 1.165) is 25.9 Å². The highest BCUT2D eigenvalue weighted by Crippen LogP contribution is 2.19. The SMILES string of the molecule is Cn1ccnc(N2CCC(Nc3ncccc3C#N)CC2)c1=O. The molecule has 23 heavy (non-hydrogen) atoms. The number of aromatic nitrogens is 3. The Morgan fingerprint density at radius 2 is 2.09 bits per heavy atom. The summed E-state index contributed by atoms with van der Waals surface area (Å²) in [7, 11) is 1.73. The summed E-state index contributed by atoms with van der Waals surface area (Å²) >= 11 is 0. The minimum atomic E-state index is -0.0737. The van der Waals surface area contributed by atoms with Gasteiger partial charge in [0.1, 0.15) is 11.9 Å². The molecule has 1 aliphatic heterocycles. The minimum absolute atomic E-state index is 0.0737. The van der Waals surface area contributed by atoms with Gasteiger partial charge in [0.05, 0.1) is 5.56 Å². The Morgan fingerprint density at radius 1 is 1.30 bits per heavy atom. The Labute approximate surface area is 134 Å². The van der Waals surface area contributed by atoms with Crippen LogP contribution in [-0.2, 0) is 7.05 Å². The first-order chi connectivity index (χ1) is 11.2. The largest absolute Gasteiger partial charge is 0.366 e. The molecule has 0 saturated carbocycles. The van der Waals surface area contributed by atoms with Crippen LogP contribution in [-0.4, -0.2) is 33.7 Å². The van der Waals surface area contributed by atoms with Crippen LogP contribution in [0.15, 0.2) is 35.5 Å². The third kappa shape index (κ3) is 3.16. The molecule has 0 aromatic carbocycles. The summed E-state index contributed by atoms with van der Waals surface area (Å²) in [6.45, 7) is 1.50. The van der Waals surface area contributed by atoms with Crippen molar-refractivity contribution in [2.75, 3.05) is 23.3 Å². The molecule has 0 amide bonds. The second-order valence-electron chi connectivity index (χ2n) is 5.58. The second-order valence-corrected chi connectivity index (χ2v) is 5.58. The third-order valence-electron chi connectivity index (χ3n) is 4.06. The molecule has 0 bridgehead atoms. The van der Waals surface area contributed by atoms with E-state index in [0.29, 0.717) is 17.2 Å². The number of anilines is 2. The van der Waals surface area contributed by atoms with Gasteiger partial charge in [-0.2, -0.15) is 5.26 Å². The zero-order valence-corrected chi connectivity index (χ0v) is 12.9. The van der Waals surface area contributed by atoms with Gasteiger partial charge >= 0.3 is 0 Å². The van der Waals surface area contributed by atoms with Gasteiger partial charge in [-0.3, -0.25) is 4.79 Å². The standard InChI is InChI=1S/C16H18N6O/c1-21-10-7-19-15(16(21)23)22-8-4-13(5-9-22)20-14-12(11-17)3-2-6-18-14/h2-3,6-7,10,13H,4-5,8-9H2,1H3,(H,18,20). The number of aryl methyl sites for hydroxylation is 1. The molecule has 1 N–H and O–H groups in total. The van der Waals surface area contributed by atoms with Gasteiger partial charge in [0.2, 0.25) is 0 Å². The van der Waals surface area contributed by atoms with Crippen LogP contribution < -0.4 is 15.8 Å². The van der Waals surface area contributed by atoms with Crippen LogP contribution in [0, 0.1) is 11.3 Å². The number of nitriles is 1. The first kappa shape index (κ1) is 15.0. The topological polar surface area (TPSA) is 86.8 Å². The van der Waals surface area contributed by atoms with Gasteiger partial charge < -0.3 is 14.8 Å². The molecule has 0 radical (unpaired) electrons. The van der Waals surface area contributed by atoms with E-state index >= 15 is 0 Å². The van der Waals surface area contributed by atoms with Crippen LogP contribution in [0.2, 0.25) is 0 Å². The van der Waals surface area contributed by atoms with Crippen molar-refractivity contribution in [3.63, 3.8) is 0 Å². The number of nitrogens with one attached hydrogen (secondary N) is 1. The van der Waals surface area contributed by atoms with E-state index in [4.69, 9.17) is 5.26 Å². The highest BCUT2D eigenvalue weighted by atomic mass is 16.1. The Bertz CT molecular complexity index is 786. The molecule has 118 valence electrons. The van der Waals surface area contributed by atoms with E-state index in [9.17, 15) is 4.79 Å². The number of nitrogens with zero attached hydrogens (tertiary/aromatic N) is 5. The van der Waals surface area contributed by atoms with Crippen molar-refractivity contribution in [1.82, 2.24) is 14.5 Å². The molecule has 3 heterocycles. The monoisotopic (exact) mass is 310 g/mol. The van der Waals surface area contributed by atoms with E-state index in [1.54, 1.807) is 42.3 Å². The number of rotatable bonds is 3. The average Bonchev–Trinajstić information content (AvgIpc) is 2.59. The maximum Gasteiger partial charge on any atom is 0.293 e. The summed E-state index contributed by atoms with van der Waals surface area (Å²) in [6.07, 6.45) is 6.71. The van der Waals surface area contributed by atoms with E-state index in [1.165, 1.54) is 0 Å². The molecule has 1 fully saturated rings. The summed E-state index contributed by atoms with van der Waals surface area (Å²) < 4.78 is 1.54. The lowest BCUT2D eigenvalue weighted by Gasteiger charge is -2.33. The smallest absolute Gasteiger partial charge is 0.293 e. The first-order valence-electron chi connectivity index (χ1n) is 7.57. The summed E-state index contributed by atoms with van der Waals surface area (Å²) in [6, 6.07) is 5.89. The molecule has 0 atom stereocenters. The van der Waals surface area contributed by atoms with E-state index in [-0.39, 0.29) is 11.6 Å². The van der Waals surface area contributed by atoms with Crippen LogP contribution >= 0.6 is 0 Å².